The van der Waals surface area contributed by atoms with E-state index in [1.54, 1.807) is 11.8 Å². The number of thioether (sulfide) groups is 1. The quantitative estimate of drug-likeness (QED) is 0.798. The lowest BCUT2D eigenvalue weighted by atomic mass is 10.2. The number of aliphatic hydroxyl groups excluding tert-OH is 1. The largest absolute Gasteiger partial charge is 0.392 e. The standard InChI is InChI=1S/C13H19Cl2NO3S2/c1-9(6-7-20-3)16(2)21(18,19)12-5-4-11(14)10(8-17)13(12)15/h4-5,9,17H,6-8H2,1-3H3. The molecule has 0 radical (unpaired) electrons. The third kappa shape index (κ3) is 4.27. The number of sulfonamides is 1. The second-order valence-electron chi connectivity index (χ2n) is 4.65. The first kappa shape index (κ1) is 19.1. The Morgan fingerprint density at radius 1 is 1.38 bits per heavy atom. The van der Waals surface area contributed by atoms with Crippen LogP contribution < -0.4 is 0 Å². The Kier molecular flexibility index (Phi) is 7.30. The van der Waals surface area contributed by atoms with Crippen LogP contribution in [0.5, 0.6) is 0 Å². The van der Waals surface area contributed by atoms with E-state index in [2.05, 4.69) is 0 Å². The van der Waals surface area contributed by atoms with Gasteiger partial charge in [-0.25, -0.2) is 8.42 Å². The molecule has 21 heavy (non-hydrogen) atoms. The van der Waals surface area contributed by atoms with Crippen LogP contribution in [0.15, 0.2) is 17.0 Å². The molecular weight excluding hydrogens is 353 g/mol. The summed E-state index contributed by atoms with van der Waals surface area (Å²) in [6, 6.07) is 2.66. The Morgan fingerprint density at radius 2 is 2.00 bits per heavy atom. The summed E-state index contributed by atoms with van der Waals surface area (Å²) in [6.07, 6.45) is 2.72. The van der Waals surface area contributed by atoms with Crippen molar-refractivity contribution in [3.63, 3.8) is 0 Å². The van der Waals surface area contributed by atoms with Gasteiger partial charge in [-0.2, -0.15) is 16.1 Å². The zero-order valence-corrected chi connectivity index (χ0v) is 15.3. The molecule has 1 N–H and O–H groups in total. The molecule has 0 heterocycles. The second-order valence-corrected chi connectivity index (χ2v) is 8.38. The fourth-order valence-electron chi connectivity index (χ4n) is 1.78. The van der Waals surface area contributed by atoms with Crippen molar-refractivity contribution in [1.82, 2.24) is 4.31 Å². The smallest absolute Gasteiger partial charge is 0.244 e. The number of aliphatic hydroxyl groups is 1. The molecule has 0 aliphatic carbocycles. The summed E-state index contributed by atoms with van der Waals surface area (Å²) in [5, 5.41) is 9.50. The normalized spacial score (nSPS) is 13.7. The molecule has 1 unspecified atom stereocenters. The van der Waals surface area contributed by atoms with E-state index in [0.717, 1.165) is 12.2 Å². The summed E-state index contributed by atoms with van der Waals surface area (Å²) >= 11 is 13.7. The van der Waals surface area contributed by atoms with Gasteiger partial charge in [0.1, 0.15) is 4.90 Å². The molecular formula is C13H19Cl2NO3S2. The molecule has 0 saturated heterocycles. The van der Waals surface area contributed by atoms with Crippen LogP contribution in [0.3, 0.4) is 0 Å². The molecule has 0 spiro atoms. The highest BCUT2D eigenvalue weighted by atomic mass is 35.5. The van der Waals surface area contributed by atoms with Crippen LogP contribution >= 0.6 is 35.0 Å². The Balaban J connectivity index is 3.19. The van der Waals surface area contributed by atoms with Crippen molar-refractivity contribution in [3.8, 4) is 0 Å². The molecule has 0 aliphatic heterocycles. The Labute approximate surface area is 140 Å². The SMILES string of the molecule is CSCCC(C)N(C)S(=O)(=O)c1ccc(Cl)c(CO)c1Cl. The van der Waals surface area contributed by atoms with Crippen molar-refractivity contribution in [3.05, 3.63) is 27.7 Å². The van der Waals surface area contributed by atoms with Gasteiger partial charge in [-0.1, -0.05) is 23.2 Å². The molecule has 8 heteroatoms. The lowest BCUT2D eigenvalue weighted by Crippen LogP contribution is -2.35. The first-order chi connectivity index (χ1) is 9.77. The van der Waals surface area contributed by atoms with E-state index in [-0.39, 0.29) is 26.5 Å². The molecule has 0 fully saturated rings. The van der Waals surface area contributed by atoms with E-state index in [0.29, 0.717) is 0 Å². The van der Waals surface area contributed by atoms with Gasteiger partial charge in [0.25, 0.3) is 0 Å². The predicted molar refractivity (Wildman–Crippen MR) is 89.8 cm³/mol. The minimum absolute atomic E-state index is 0.0195. The number of hydrogen-bond donors (Lipinski definition) is 1. The number of halogens is 2. The van der Waals surface area contributed by atoms with Crippen molar-refractivity contribution < 1.29 is 13.5 Å². The van der Waals surface area contributed by atoms with Gasteiger partial charge in [0.15, 0.2) is 0 Å². The summed E-state index contributed by atoms with van der Waals surface area (Å²) in [5.74, 6) is 0.872. The van der Waals surface area contributed by atoms with Crippen molar-refractivity contribution in [2.75, 3.05) is 19.1 Å². The van der Waals surface area contributed by atoms with Gasteiger partial charge in [-0.3, -0.25) is 0 Å². The van der Waals surface area contributed by atoms with E-state index in [9.17, 15) is 13.5 Å². The number of nitrogens with zero attached hydrogens (tertiary/aromatic N) is 1. The van der Waals surface area contributed by atoms with E-state index >= 15 is 0 Å². The number of rotatable bonds is 7. The van der Waals surface area contributed by atoms with Gasteiger partial charge in [-0.15, -0.1) is 0 Å². The zero-order chi connectivity index (χ0) is 16.2. The molecule has 120 valence electrons. The zero-order valence-electron chi connectivity index (χ0n) is 12.1. The van der Waals surface area contributed by atoms with Crippen molar-refractivity contribution >= 4 is 45.0 Å². The van der Waals surface area contributed by atoms with E-state index in [4.69, 9.17) is 23.2 Å². The lowest BCUT2D eigenvalue weighted by molar-refractivity contribution is 0.281. The monoisotopic (exact) mass is 371 g/mol. The van der Waals surface area contributed by atoms with Crippen LogP contribution in [0.25, 0.3) is 0 Å². The van der Waals surface area contributed by atoms with E-state index < -0.39 is 16.6 Å². The highest BCUT2D eigenvalue weighted by molar-refractivity contribution is 7.98. The van der Waals surface area contributed by atoms with Crippen molar-refractivity contribution in [2.45, 2.75) is 30.9 Å². The van der Waals surface area contributed by atoms with Gasteiger partial charge >= 0.3 is 0 Å². The van der Waals surface area contributed by atoms with Crippen LogP contribution in [-0.2, 0) is 16.6 Å². The first-order valence-corrected chi connectivity index (χ1v) is 9.91. The number of benzene rings is 1. The highest BCUT2D eigenvalue weighted by Gasteiger charge is 2.28. The minimum atomic E-state index is -3.73. The maximum absolute atomic E-state index is 12.6. The highest BCUT2D eigenvalue weighted by Crippen LogP contribution is 2.33. The van der Waals surface area contributed by atoms with Crippen molar-refractivity contribution in [2.24, 2.45) is 0 Å². The van der Waals surface area contributed by atoms with E-state index in [1.165, 1.54) is 23.5 Å². The molecule has 4 nitrogen and oxygen atoms in total. The summed E-state index contributed by atoms with van der Waals surface area (Å²) in [4.78, 5) is -0.0314. The summed E-state index contributed by atoms with van der Waals surface area (Å²) in [5.41, 5.74) is 0.226. The van der Waals surface area contributed by atoms with Crippen LogP contribution in [-0.4, -0.2) is 42.9 Å². The topological polar surface area (TPSA) is 57.6 Å². The average molecular weight is 372 g/mol. The van der Waals surface area contributed by atoms with Gasteiger partial charge in [0.2, 0.25) is 10.0 Å². The molecule has 1 atom stereocenters. The molecule has 0 bridgehead atoms. The Hall–Kier alpha value is 0.0200. The minimum Gasteiger partial charge on any atom is -0.392 e. The fourth-order valence-corrected chi connectivity index (χ4v) is 4.62. The molecule has 1 aromatic carbocycles. The molecule has 1 aromatic rings. The Bertz CT molecular complexity index is 593. The summed E-state index contributed by atoms with van der Waals surface area (Å²) in [7, 11) is -2.19. The first-order valence-electron chi connectivity index (χ1n) is 6.32. The average Bonchev–Trinajstić information content (AvgIpc) is 2.44. The van der Waals surface area contributed by atoms with Crippen LogP contribution in [0, 0.1) is 0 Å². The fraction of sp³-hybridized carbons (Fsp3) is 0.538. The number of hydrogen-bond acceptors (Lipinski definition) is 4. The molecule has 1 rings (SSSR count). The molecule has 0 aromatic heterocycles. The maximum atomic E-state index is 12.6. The molecule has 0 aliphatic rings. The maximum Gasteiger partial charge on any atom is 0.244 e. The third-order valence-electron chi connectivity index (χ3n) is 3.33. The third-order valence-corrected chi connectivity index (χ3v) is 6.88. The lowest BCUT2D eigenvalue weighted by Gasteiger charge is -2.25. The second kappa shape index (κ2) is 8.04. The molecule has 0 amide bonds. The van der Waals surface area contributed by atoms with Gasteiger partial charge in [0.05, 0.1) is 11.6 Å². The van der Waals surface area contributed by atoms with Gasteiger partial charge < -0.3 is 5.11 Å². The van der Waals surface area contributed by atoms with Crippen molar-refractivity contribution in [1.29, 1.82) is 0 Å². The van der Waals surface area contributed by atoms with Crippen LogP contribution in [0.1, 0.15) is 18.9 Å². The molecule has 0 saturated carbocycles. The van der Waals surface area contributed by atoms with Gasteiger partial charge in [0, 0.05) is 23.7 Å². The summed E-state index contributed by atoms with van der Waals surface area (Å²) < 4.78 is 26.6. The Morgan fingerprint density at radius 3 is 2.52 bits per heavy atom. The predicted octanol–water partition coefficient (Wildman–Crippen LogP) is 3.25. The van der Waals surface area contributed by atoms with Gasteiger partial charge in [-0.05, 0) is 37.5 Å². The van der Waals surface area contributed by atoms with E-state index in [1.807, 2.05) is 13.2 Å². The van der Waals surface area contributed by atoms with Crippen LogP contribution in [0.4, 0.5) is 0 Å². The van der Waals surface area contributed by atoms with Crippen LogP contribution in [0.2, 0.25) is 10.0 Å². The summed E-state index contributed by atoms with van der Waals surface area (Å²) in [6.45, 7) is 1.44.